The van der Waals surface area contributed by atoms with Crippen LogP contribution in [0.15, 0.2) is 42.5 Å². The van der Waals surface area contributed by atoms with E-state index >= 15 is 0 Å². The molecule has 3 amide bonds. The van der Waals surface area contributed by atoms with E-state index in [1.165, 1.54) is 11.1 Å². The highest BCUT2D eigenvalue weighted by molar-refractivity contribution is 7.98. The molecule has 1 atom stereocenters. The molecule has 1 saturated heterocycles. The number of ether oxygens (including phenoxy) is 2. The molecule has 0 aliphatic carbocycles. The SMILES string of the molecule is CC(C)(C)OC(=O)NC1(C(=O)N[C@@H](Cc2ccc(-c3ccc4c(c3)CSC4)cc2)C(N)=O)CCOCC1. The number of benzene rings is 2. The quantitative estimate of drug-likeness (QED) is 0.507. The lowest BCUT2D eigenvalue weighted by atomic mass is 9.88. The molecule has 0 radical (unpaired) electrons. The van der Waals surface area contributed by atoms with Crippen molar-refractivity contribution in [1.29, 1.82) is 0 Å². The van der Waals surface area contributed by atoms with Crippen molar-refractivity contribution >= 4 is 29.7 Å². The van der Waals surface area contributed by atoms with Crippen LogP contribution in [0.3, 0.4) is 0 Å². The van der Waals surface area contributed by atoms with Crippen LogP contribution in [0.4, 0.5) is 4.79 Å². The zero-order valence-electron chi connectivity index (χ0n) is 21.6. The van der Waals surface area contributed by atoms with E-state index in [1.54, 1.807) is 20.8 Å². The van der Waals surface area contributed by atoms with Crippen LogP contribution < -0.4 is 16.4 Å². The maximum absolute atomic E-state index is 13.4. The number of carbonyl (C=O) groups is 3. The Morgan fingerprint density at radius 2 is 1.68 bits per heavy atom. The zero-order chi connectivity index (χ0) is 26.6. The average molecular weight is 526 g/mol. The van der Waals surface area contributed by atoms with Gasteiger partial charge in [-0.05, 0) is 48.6 Å². The molecule has 37 heavy (non-hydrogen) atoms. The third-order valence-electron chi connectivity index (χ3n) is 6.62. The average Bonchev–Trinajstić information content (AvgIpc) is 3.31. The Balaban J connectivity index is 1.45. The van der Waals surface area contributed by atoms with Crippen molar-refractivity contribution in [2.75, 3.05) is 13.2 Å². The minimum Gasteiger partial charge on any atom is -0.444 e. The molecular formula is C28H35N3O5S. The molecule has 0 bridgehead atoms. The Bertz CT molecular complexity index is 1150. The van der Waals surface area contributed by atoms with Crippen LogP contribution in [0.25, 0.3) is 11.1 Å². The molecule has 2 aliphatic heterocycles. The third-order valence-corrected chi connectivity index (χ3v) is 7.65. The second kappa shape index (κ2) is 11.1. The van der Waals surface area contributed by atoms with Crippen molar-refractivity contribution in [1.82, 2.24) is 10.6 Å². The molecule has 2 aromatic carbocycles. The van der Waals surface area contributed by atoms with Gasteiger partial charge in [-0.2, -0.15) is 11.8 Å². The minimum atomic E-state index is -1.25. The molecule has 2 aliphatic rings. The number of nitrogens with two attached hydrogens (primary N) is 1. The zero-order valence-corrected chi connectivity index (χ0v) is 22.4. The number of alkyl carbamates (subject to hydrolysis) is 1. The standard InChI is InChI=1S/C28H35N3O5S/c1-27(2,3)36-26(34)31-28(10-12-35-13-11-28)25(33)30-23(24(29)32)14-18-4-6-19(7-5-18)20-8-9-21-16-37-17-22(21)15-20/h4-9,15,23H,10-14,16-17H2,1-3H3,(H2,29,32)(H,30,33)(H,31,34)/t23-/m0/s1. The summed E-state index contributed by atoms with van der Waals surface area (Å²) in [6.45, 7) is 5.85. The number of fused-ring (bicyclic) bond motifs is 1. The fraction of sp³-hybridized carbons (Fsp3) is 0.464. The molecule has 9 heteroatoms. The summed E-state index contributed by atoms with van der Waals surface area (Å²) in [6, 6.07) is 13.6. The molecule has 1 fully saturated rings. The van der Waals surface area contributed by atoms with Crippen molar-refractivity contribution in [2.45, 2.75) is 68.7 Å². The molecule has 198 valence electrons. The first-order chi connectivity index (χ1) is 17.5. The second-order valence-electron chi connectivity index (χ2n) is 10.6. The Morgan fingerprint density at radius 1 is 1.03 bits per heavy atom. The van der Waals surface area contributed by atoms with Crippen LogP contribution >= 0.6 is 11.8 Å². The summed E-state index contributed by atoms with van der Waals surface area (Å²) in [4.78, 5) is 38.2. The maximum atomic E-state index is 13.4. The smallest absolute Gasteiger partial charge is 0.408 e. The molecule has 0 spiro atoms. The van der Waals surface area contributed by atoms with Gasteiger partial charge in [-0.15, -0.1) is 0 Å². The predicted octanol–water partition coefficient (Wildman–Crippen LogP) is 3.69. The largest absolute Gasteiger partial charge is 0.444 e. The van der Waals surface area contributed by atoms with E-state index in [0.717, 1.165) is 28.2 Å². The monoisotopic (exact) mass is 525 g/mol. The molecule has 0 unspecified atom stereocenters. The van der Waals surface area contributed by atoms with Crippen LogP contribution in [0, 0.1) is 0 Å². The fourth-order valence-corrected chi connectivity index (χ4v) is 5.66. The van der Waals surface area contributed by atoms with Gasteiger partial charge in [0.05, 0.1) is 0 Å². The van der Waals surface area contributed by atoms with Gasteiger partial charge < -0.3 is 25.8 Å². The van der Waals surface area contributed by atoms with Crippen LogP contribution in [-0.2, 0) is 37.0 Å². The lowest BCUT2D eigenvalue weighted by Crippen LogP contribution is -2.64. The van der Waals surface area contributed by atoms with Gasteiger partial charge in [0.2, 0.25) is 11.8 Å². The van der Waals surface area contributed by atoms with E-state index < -0.39 is 35.1 Å². The van der Waals surface area contributed by atoms with E-state index in [-0.39, 0.29) is 19.3 Å². The highest BCUT2D eigenvalue weighted by atomic mass is 32.2. The topological polar surface area (TPSA) is 120 Å². The van der Waals surface area contributed by atoms with E-state index in [4.69, 9.17) is 15.2 Å². The lowest BCUT2D eigenvalue weighted by Gasteiger charge is -2.37. The molecule has 2 heterocycles. The van der Waals surface area contributed by atoms with Crippen molar-refractivity contribution in [2.24, 2.45) is 5.73 Å². The second-order valence-corrected chi connectivity index (χ2v) is 11.6. The number of nitrogens with one attached hydrogen (secondary N) is 2. The number of primary amides is 1. The summed E-state index contributed by atoms with van der Waals surface area (Å²) < 4.78 is 10.8. The van der Waals surface area contributed by atoms with Gasteiger partial charge in [-0.3, -0.25) is 9.59 Å². The fourth-order valence-electron chi connectivity index (χ4n) is 4.57. The van der Waals surface area contributed by atoms with Crippen molar-refractivity contribution < 1.29 is 23.9 Å². The minimum absolute atomic E-state index is 0.237. The predicted molar refractivity (Wildman–Crippen MR) is 144 cm³/mol. The van der Waals surface area contributed by atoms with Gasteiger partial charge in [-0.25, -0.2) is 4.79 Å². The Hall–Kier alpha value is -3.04. The molecule has 0 aromatic heterocycles. The first kappa shape index (κ1) is 27.0. The Labute approximate surface area is 222 Å². The van der Waals surface area contributed by atoms with Gasteiger partial charge >= 0.3 is 6.09 Å². The van der Waals surface area contributed by atoms with Gasteiger partial charge in [0.15, 0.2) is 0 Å². The molecule has 0 saturated carbocycles. The van der Waals surface area contributed by atoms with Gasteiger partial charge in [-0.1, -0.05) is 42.5 Å². The molecule has 4 N–H and O–H groups in total. The van der Waals surface area contributed by atoms with E-state index in [1.807, 2.05) is 36.0 Å². The van der Waals surface area contributed by atoms with E-state index in [9.17, 15) is 14.4 Å². The highest BCUT2D eigenvalue weighted by Crippen LogP contribution is 2.33. The van der Waals surface area contributed by atoms with Crippen LogP contribution in [-0.4, -0.2) is 48.3 Å². The van der Waals surface area contributed by atoms with E-state index in [2.05, 4.69) is 28.8 Å². The first-order valence-corrected chi connectivity index (χ1v) is 13.7. The van der Waals surface area contributed by atoms with Crippen molar-refractivity contribution in [3.05, 3.63) is 59.2 Å². The maximum Gasteiger partial charge on any atom is 0.408 e. The summed E-state index contributed by atoms with van der Waals surface area (Å²) >= 11 is 1.92. The summed E-state index contributed by atoms with van der Waals surface area (Å²) in [5.74, 6) is 0.986. The van der Waals surface area contributed by atoms with Gasteiger partial charge in [0.25, 0.3) is 0 Å². The molecular weight excluding hydrogens is 490 g/mol. The lowest BCUT2D eigenvalue weighted by molar-refractivity contribution is -0.135. The number of carbonyl (C=O) groups excluding carboxylic acids is 3. The Morgan fingerprint density at radius 3 is 2.32 bits per heavy atom. The summed E-state index contributed by atoms with van der Waals surface area (Å²) in [5.41, 5.74) is 9.60. The Kier molecular flexibility index (Phi) is 8.14. The number of hydrogen-bond donors (Lipinski definition) is 3. The number of rotatable bonds is 7. The van der Waals surface area contributed by atoms with Gasteiger partial charge in [0, 0.05) is 44.0 Å². The molecule has 4 rings (SSSR count). The first-order valence-electron chi connectivity index (χ1n) is 12.5. The van der Waals surface area contributed by atoms with Crippen LogP contribution in [0.5, 0.6) is 0 Å². The highest BCUT2D eigenvalue weighted by Gasteiger charge is 2.43. The third kappa shape index (κ3) is 6.84. The van der Waals surface area contributed by atoms with E-state index in [0.29, 0.717) is 13.2 Å². The summed E-state index contributed by atoms with van der Waals surface area (Å²) in [7, 11) is 0. The number of hydrogen-bond acceptors (Lipinski definition) is 6. The number of amides is 3. The number of thioether (sulfide) groups is 1. The van der Waals surface area contributed by atoms with Crippen LogP contribution in [0.2, 0.25) is 0 Å². The van der Waals surface area contributed by atoms with Crippen molar-refractivity contribution in [3.8, 4) is 11.1 Å². The molecule has 8 nitrogen and oxygen atoms in total. The van der Waals surface area contributed by atoms with Crippen LogP contribution in [0.1, 0.15) is 50.3 Å². The molecule has 2 aromatic rings. The van der Waals surface area contributed by atoms with Gasteiger partial charge in [0.1, 0.15) is 17.2 Å². The summed E-state index contributed by atoms with van der Waals surface area (Å²) in [5, 5.41) is 5.51. The normalized spacial score (nSPS) is 17.4. The van der Waals surface area contributed by atoms with Crippen molar-refractivity contribution in [3.63, 3.8) is 0 Å². The summed E-state index contributed by atoms with van der Waals surface area (Å²) in [6.07, 6.45) is 0.0666.